The van der Waals surface area contributed by atoms with E-state index in [4.69, 9.17) is 16.4 Å². The summed E-state index contributed by atoms with van der Waals surface area (Å²) in [5, 5.41) is 7.45. The fourth-order valence-corrected chi connectivity index (χ4v) is 2.83. The standard InChI is InChI=1S/C17H14BrClN2O2/c1-10-5-6-13(8-14(10)19)20-17(22)16-9-15(21-23-16)11-3-2-4-12(18)7-11/h2-8,16H,9H2,1H3,(H,20,22). The Bertz CT molecular complexity index is 792. The van der Waals surface area contributed by atoms with Crippen LogP contribution in [0.25, 0.3) is 0 Å². The first kappa shape index (κ1) is 16.0. The van der Waals surface area contributed by atoms with Gasteiger partial charge in [0, 0.05) is 27.2 Å². The van der Waals surface area contributed by atoms with Crippen LogP contribution in [0.4, 0.5) is 5.69 Å². The molecule has 2 aromatic carbocycles. The molecule has 1 N–H and O–H groups in total. The Morgan fingerprint density at radius 2 is 2.17 bits per heavy atom. The molecular weight excluding hydrogens is 380 g/mol. The maximum absolute atomic E-state index is 12.3. The normalized spacial score (nSPS) is 16.7. The summed E-state index contributed by atoms with van der Waals surface area (Å²) in [6.45, 7) is 1.91. The lowest BCUT2D eigenvalue weighted by molar-refractivity contribution is -0.125. The van der Waals surface area contributed by atoms with Crippen molar-refractivity contribution in [2.45, 2.75) is 19.4 Å². The molecule has 0 radical (unpaired) electrons. The van der Waals surface area contributed by atoms with Crippen LogP contribution in [0.1, 0.15) is 17.5 Å². The van der Waals surface area contributed by atoms with Gasteiger partial charge in [-0.2, -0.15) is 0 Å². The molecule has 6 heteroatoms. The molecule has 0 fully saturated rings. The van der Waals surface area contributed by atoms with Gasteiger partial charge in [-0.3, -0.25) is 4.79 Å². The Hall–Kier alpha value is -1.85. The minimum Gasteiger partial charge on any atom is -0.382 e. The first-order valence-electron chi connectivity index (χ1n) is 7.08. The quantitative estimate of drug-likeness (QED) is 0.832. The van der Waals surface area contributed by atoms with Crippen LogP contribution >= 0.6 is 27.5 Å². The molecule has 0 spiro atoms. The predicted molar refractivity (Wildman–Crippen MR) is 95.0 cm³/mol. The van der Waals surface area contributed by atoms with E-state index in [1.807, 2.05) is 43.3 Å². The average Bonchev–Trinajstić information content (AvgIpc) is 3.01. The van der Waals surface area contributed by atoms with Gasteiger partial charge in [-0.05, 0) is 36.8 Å². The minimum atomic E-state index is -0.635. The molecule has 0 saturated carbocycles. The number of anilines is 1. The van der Waals surface area contributed by atoms with Gasteiger partial charge in [0.05, 0.1) is 5.71 Å². The van der Waals surface area contributed by atoms with Crippen molar-refractivity contribution >= 4 is 44.8 Å². The summed E-state index contributed by atoms with van der Waals surface area (Å²) >= 11 is 9.49. The molecule has 4 nitrogen and oxygen atoms in total. The summed E-state index contributed by atoms with van der Waals surface area (Å²) in [5.41, 5.74) is 3.30. The Balaban J connectivity index is 1.65. The number of nitrogens with zero attached hydrogens (tertiary/aromatic N) is 1. The second kappa shape index (κ2) is 6.72. The SMILES string of the molecule is Cc1ccc(NC(=O)C2CC(c3cccc(Br)c3)=NO2)cc1Cl. The van der Waals surface area contributed by atoms with Gasteiger partial charge in [0.25, 0.3) is 5.91 Å². The highest BCUT2D eigenvalue weighted by atomic mass is 79.9. The van der Waals surface area contributed by atoms with Crippen LogP contribution < -0.4 is 5.32 Å². The van der Waals surface area contributed by atoms with Crippen LogP contribution in [0.3, 0.4) is 0 Å². The van der Waals surface area contributed by atoms with E-state index in [0.717, 1.165) is 21.3 Å². The van der Waals surface area contributed by atoms with E-state index in [1.54, 1.807) is 6.07 Å². The molecule has 1 aliphatic rings. The topological polar surface area (TPSA) is 50.7 Å². The molecule has 1 amide bonds. The van der Waals surface area contributed by atoms with Crippen LogP contribution in [0.15, 0.2) is 52.1 Å². The number of benzene rings is 2. The van der Waals surface area contributed by atoms with E-state index in [-0.39, 0.29) is 5.91 Å². The van der Waals surface area contributed by atoms with E-state index in [0.29, 0.717) is 17.1 Å². The molecule has 2 aromatic rings. The molecule has 1 atom stereocenters. The summed E-state index contributed by atoms with van der Waals surface area (Å²) < 4.78 is 0.958. The van der Waals surface area contributed by atoms with Crippen LogP contribution in [0, 0.1) is 6.92 Å². The molecule has 0 aliphatic carbocycles. The van der Waals surface area contributed by atoms with Gasteiger partial charge in [0.15, 0.2) is 0 Å². The highest BCUT2D eigenvalue weighted by molar-refractivity contribution is 9.10. The lowest BCUT2D eigenvalue weighted by Gasteiger charge is -2.10. The lowest BCUT2D eigenvalue weighted by Crippen LogP contribution is -2.28. The van der Waals surface area contributed by atoms with Crippen molar-refractivity contribution in [3.8, 4) is 0 Å². The van der Waals surface area contributed by atoms with Gasteiger partial charge in [0.2, 0.25) is 6.10 Å². The van der Waals surface area contributed by atoms with Crippen molar-refractivity contribution in [1.29, 1.82) is 0 Å². The Morgan fingerprint density at radius 1 is 1.35 bits per heavy atom. The van der Waals surface area contributed by atoms with Crippen LogP contribution in [-0.4, -0.2) is 17.7 Å². The maximum atomic E-state index is 12.3. The van der Waals surface area contributed by atoms with Crippen molar-refractivity contribution in [1.82, 2.24) is 0 Å². The second-order valence-corrected chi connectivity index (χ2v) is 6.62. The van der Waals surface area contributed by atoms with Crippen LogP contribution in [-0.2, 0) is 9.63 Å². The number of rotatable bonds is 3. The van der Waals surface area contributed by atoms with E-state index in [1.165, 1.54) is 0 Å². The lowest BCUT2D eigenvalue weighted by atomic mass is 10.0. The fraction of sp³-hybridized carbons (Fsp3) is 0.176. The van der Waals surface area contributed by atoms with Crippen molar-refractivity contribution in [3.05, 3.63) is 63.1 Å². The number of aryl methyl sites for hydroxylation is 1. The first-order chi connectivity index (χ1) is 11.0. The molecule has 118 valence electrons. The number of halogens is 2. The third kappa shape index (κ3) is 3.74. The zero-order chi connectivity index (χ0) is 16.4. The molecule has 0 aromatic heterocycles. The van der Waals surface area contributed by atoms with Gasteiger partial charge in [-0.1, -0.05) is 50.9 Å². The zero-order valence-electron chi connectivity index (χ0n) is 12.3. The van der Waals surface area contributed by atoms with Crippen molar-refractivity contribution in [2.24, 2.45) is 5.16 Å². The van der Waals surface area contributed by atoms with Crippen LogP contribution in [0.2, 0.25) is 5.02 Å². The summed E-state index contributed by atoms with van der Waals surface area (Å²) in [6, 6.07) is 13.1. The highest BCUT2D eigenvalue weighted by Crippen LogP contribution is 2.23. The summed E-state index contributed by atoms with van der Waals surface area (Å²) in [4.78, 5) is 17.6. The number of nitrogens with one attached hydrogen (secondary N) is 1. The van der Waals surface area contributed by atoms with Gasteiger partial charge >= 0.3 is 0 Å². The van der Waals surface area contributed by atoms with Gasteiger partial charge in [0.1, 0.15) is 0 Å². The van der Waals surface area contributed by atoms with E-state index in [2.05, 4.69) is 26.4 Å². The minimum absolute atomic E-state index is 0.237. The molecule has 1 unspecified atom stereocenters. The molecule has 3 rings (SSSR count). The Labute approximate surface area is 147 Å². The first-order valence-corrected chi connectivity index (χ1v) is 8.25. The monoisotopic (exact) mass is 392 g/mol. The fourth-order valence-electron chi connectivity index (χ4n) is 2.25. The Morgan fingerprint density at radius 3 is 2.91 bits per heavy atom. The van der Waals surface area contributed by atoms with Crippen molar-refractivity contribution in [3.63, 3.8) is 0 Å². The number of carbonyl (C=O) groups excluding carboxylic acids is 1. The highest BCUT2D eigenvalue weighted by Gasteiger charge is 2.29. The summed E-state index contributed by atoms with van der Waals surface area (Å²) in [6.07, 6.45) is -0.203. The van der Waals surface area contributed by atoms with E-state index < -0.39 is 6.10 Å². The second-order valence-electron chi connectivity index (χ2n) is 5.30. The zero-order valence-corrected chi connectivity index (χ0v) is 14.7. The number of hydrogen-bond donors (Lipinski definition) is 1. The third-order valence-electron chi connectivity index (χ3n) is 3.56. The third-order valence-corrected chi connectivity index (χ3v) is 4.46. The summed E-state index contributed by atoms with van der Waals surface area (Å²) in [5.74, 6) is -0.237. The van der Waals surface area contributed by atoms with Crippen molar-refractivity contribution in [2.75, 3.05) is 5.32 Å². The number of carbonyl (C=O) groups is 1. The van der Waals surface area contributed by atoms with E-state index in [9.17, 15) is 4.79 Å². The smallest absolute Gasteiger partial charge is 0.268 e. The molecule has 0 saturated heterocycles. The Kier molecular flexibility index (Phi) is 4.68. The predicted octanol–water partition coefficient (Wildman–Crippen LogP) is 4.54. The number of oxime groups is 1. The molecule has 1 heterocycles. The van der Waals surface area contributed by atoms with Gasteiger partial charge in [-0.25, -0.2) is 0 Å². The van der Waals surface area contributed by atoms with Gasteiger partial charge < -0.3 is 10.2 Å². The molecular formula is C17H14BrClN2O2. The van der Waals surface area contributed by atoms with Crippen molar-refractivity contribution < 1.29 is 9.63 Å². The molecule has 23 heavy (non-hydrogen) atoms. The molecule has 1 aliphatic heterocycles. The van der Waals surface area contributed by atoms with Gasteiger partial charge in [-0.15, -0.1) is 0 Å². The van der Waals surface area contributed by atoms with E-state index >= 15 is 0 Å². The average molecular weight is 394 g/mol. The summed E-state index contributed by atoms with van der Waals surface area (Å²) in [7, 11) is 0. The largest absolute Gasteiger partial charge is 0.382 e. The number of amides is 1. The molecule has 0 bridgehead atoms. The maximum Gasteiger partial charge on any atom is 0.268 e. The number of hydrogen-bond acceptors (Lipinski definition) is 3. The van der Waals surface area contributed by atoms with Crippen LogP contribution in [0.5, 0.6) is 0 Å².